The lowest BCUT2D eigenvalue weighted by molar-refractivity contribution is -0.151. The molecule has 98 valence electrons. The molecule has 0 saturated carbocycles. The smallest absolute Gasteiger partial charge is 0.310 e. The molecule has 0 saturated heterocycles. The Morgan fingerprint density at radius 3 is 2.47 bits per heavy atom. The number of carbonyl (C=O) groups excluding carboxylic acids is 2. The van der Waals surface area contributed by atoms with Crippen LogP contribution in [0.3, 0.4) is 0 Å². The molecule has 0 bridgehead atoms. The summed E-state index contributed by atoms with van der Waals surface area (Å²) in [5, 5.41) is 9.36. The van der Waals surface area contributed by atoms with Crippen LogP contribution < -0.4 is 0 Å². The lowest BCUT2D eigenvalue weighted by Gasteiger charge is -2.28. The number of Topliss-reactive ketones (excluding diaryl/α,β-unsaturated/α-hetero) is 1. The highest BCUT2D eigenvalue weighted by Crippen LogP contribution is 2.36. The van der Waals surface area contributed by atoms with E-state index in [4.69, 9.17) is 0 Å². The normalized spacial score (nSPS) is 22.2. The molecule has 0 fully saturated rings. The summed E-state index contributed by atoms with van der Waals surface area (Å²) in [5.74, 6) is -1.57. The predicted octanol–water partition coefficient (Wildman–Crippen LogP) is 2.25. The first-order chi connectivity index (χ1) is 9.03. The van der Waals surface area contributed by atoms with Gasteiger partial charge in [-0.1, -0.05) is 36.4 Å². The van der Waals surface area contributed by atoms with E-state index in [1.807, 2.05) is 0 Å². The number of hydrogen-bond acceptors (Lipinski definition) is 3. The Kier molecular flexibility index (Phi) is 3.60. The van der Waals surface area contributed by atoms with Crippen LogP contribution in [-0.2, 0) is 9.59 Å². The van der Waals surface area contributed by atoms with E-state index in [1.165, 1.54) is 12.2 Å². The summed E-state index contributed by atoms with van der Waals surface area (Å²) in [6.07, 6.45) is 2.87. The van der Waals surface area contributed by atoms with Crippen LogP contribution in [0.1, 0.15) is 29.6 Å². The van der Waals surface area contributed by atoms with Crippen molar-refractivity contribution in [1.29, 1.82) is 0 Å². The quantitative estimate of drug-likeness (QED) is 0.841. The summed E-state index contributed by atoms with van der Waals surface area (Å²) in [6, 6.07) is 8.55. The van der Waals surface area contributed by atoms with Crippen molar-refractivity contribution in [2.45, 2.75) is 19.3 Å². The molecule has 4 heteroatoms. The van der Waals surface area contributed by atoms with Gasteiger partial charge in [-0.2, -0.15) is 0 Å². The van der Waals surface area contributed by atoms with Crippen molar-refractivity contribution >= 4 is 17.5 Å². The van der Waals surface area contributed by atoms with Crippen molar-refractivity contribution in [3.8, 4) is 0 Å². The Hall–Kier alpha value is -2.23. The molecule has 2 rings (SSSR count). The van der Waals surface area contributed by atoms with Gasteiger partial charge in [0, 0.05) is 18.4 Å². The maximum atomic E-state index is 12.1. The predicted molar refractivity (Wildman–Crippen MR) is 68.8 cm³/mol. The minimum atomic E-state index is -1.29. The van der Waals surface area contributed by atoms with Gasteiger partial charge in [0.2, 0.25) is 0 Å². The van der Waals surface area contributed by atoms with Crippen LogP contribution in [0.4, 0.5) is 0 Å². The van der Waals surface area contributed by atoms with Crippen molar-refractivity contribution in [3.63, 3.8) is 0 Å². The van der Waals surface area contributed by atoms with Gasteiger partial charge in [-0.3, -0.25) is 14.4 Å². The van der Waals surface area contributed by atoms with Crippen molar-refractivity contribution in [1.82, 2.24) is 0 Å². The molecular formula is C15H14O4. The van der Waals surface area contributed by atoms with Gasteiger partial charge in [-0.05, 0) is 12.5 Å². The average Bonchev–Trinajstić information content (AvgIpc) is 2.39. The molecule has 0 aromatic heterocycles. The molecule has 0 aliphatic heterocycles. The molecule has 0 spiro atoms. The highest BCUT2D eigenvalue weighted by atomic mass is 16.4. The summed E-state index contributed by atoms with van der Waals surface area (Å²) in [7, 11) is 0. The Balaban J connectivity index is 2.23. The summed E-state index contributed by atoms with van der Waals surface area (Å²) in [5.41, 5.74) is -0.816. The zero-order valence-corrected chi connectivity index (χ0v) is 10.3. The second-order valence-electron chi connectivity index (χ2n) is 4.80. The number of ketones is 2. The first kappa shape index (κ1) is 13.2. The zero-order chi connectivity index (χ0) is 13.9. The van der Waals surface area contributed by atoms with Gasteiger partial charge in [0.1, 0.15) is 0 Å². The molecule has 19 heavy (non-hydrogen) atoms. The number of carbonyl (C=O) groups is 3. The van der Waals surface area contributed by atoms with Gasteiger partial charge < -0.3 is 5.11 Å². The SMILES string of the molecule is O=C1C=CCC(CC(=O)c2ccccc2)(C(=O)O)C1. The van der Waals surface area contributed by atoms with E-state index in [9.17, 15) is 19.5 Å². The van der Waals surface area contributed by atoms with E-state index >= 15 is 0 Å². The molecule has 0 radical (unpaired) electrons. The molecule has 1 aromatic carbocycles. The number of benzene rings is 1. The highest BCUT2D eigenvalue weighted by molar-refractivity contribution is 6.01. The first-order valence-electron chi connectivity index (χ1n) is 6.04. The lowest BCUT2D eigenvalue weighted by Crippen LogP contribution is -2.37. The van der Waals surface area contributed by atoms with E-state index in [0.29, 0.717) is 5.56 Å². The standard InChI is InChI=1S/C15H14O4/c16-12-7-4-8-15(9-12,14(18)19)10-13(17)11-5-2-1-3-6-11/h1-7H,8-10H2,(H,18,19). The second-order valence-corrected chi connectivity index (χ2v) is 4.80. The van der Waals surface area contributed by atoms with Crippen molar-refractivity contribution < 1.29 is 19.5 Å². The fourth-order valence-electron chi connectivity index (χ4n) is 2.29. The minimum Gasteiger partial charge on any atom is -0.481 e. The van der Waals surface area contributed by atoms with Gasteiger partial charge in [0.25, 0.3) is 0 Å². The van der Waals surface area contributed by atoms with Gasteiger partial charge in [0.05, 0.1) is 5.41 Å². The molecule has 1 atom stereocenters. The van der Waals surface area contributed by atoms with Gasteiger partial charge in [0.15, 0.2) is 11.6 Å². The van der Waals surface area contributed by atoms with Crippen molar-refractivity contribution in [3.05, 3.63) is 48.0 Å². The largest absolute Gasteiger partial charge is 0.481 e. The van der Waals surface area contributed by atoms with Gasteiger partial charge >= 0.3 is 5.97 Å². The maximum absolute atomic E-state index is 12.1. The number of allylic oxidation sites excluding steroid dienone is 2. The van der Waals surface area contributed by atoms with Crippen molar-refractivity contribution in [2.75, 3.05) is 0 Å². The molecule has 1 unspecified atom stereocenters. The fourth-order valence-corrected chi connectivity index (χ4v) is 2.29. The van der Waals surface area contributed by atoms with Crippen LogP contribution in [0.25, 0.3) is 0 Å². The van der Waals surface area contributed by atoms with Crippen LogP contribution in [0, 0.1) is 5.41 Å². The van der Waals surface area contributed by atoms with E-state index < -0.39 is 11.4 Å². The van der Waals surface area contributed by atoms with E-state index in [-0.39, 0.29) is 30.8 Å². The number of hydrogen-bond donors (Lipinski definition) is 1. The third-order valence-corrected chi connectivity index (χ3v) is 3.37. The minimum absolute atomic E-state index is 0.114. The van der Waals surface area contributed by atoms with Crippen LogP contribution in [0.5, 0.6) is 0 Å². The Bertz CT molecular complexity index is 545. The van der Waals surface area contributed by atoms with Crippen LogP contribution in [0.2, 0.25) is 0 Å². The topological polar surface area (TPSA) is 71.4 Å². The summed E-state index contributed by atoms with van der Waals surface area (Å²) in [4.78, 5) is 35.0. The highest BCUT2D eigenvalue weighted by Gasteiger charge is 2.42. The van der Waals surface area contributed by atoms with Gasteiger partial charge in [-0.15, -0.1) is 0 Å². The van der Waals surface area contributed by atoms with Gasteiger partial charge in [-0.25, -0.2) is 0 Å². The molecule has 0 heterocycles. The lowest BCUT2D eigenvalue weighted by atomic mass is 9.72. The second kappa shape index (κ2) is 5.18. The fraction of sp³-hybridized carbons (Fsp3) is 0.267. The Labute approximate surface area is 110 Å². The summed E-state index contributed by atoms with van der Waals surface area (Å²) >= 11 is 0. The molecule has 1 aliphatic carbocycles. The Morgan fingerprint density at radius 2 is 1.89 bits per heavy atom. The summed E-state index contributed by atoms with van der Waals surface area (Å²) < 4.78 is 0. The molecule has 1 aromatic rings. The number of rotatable bonds is 4. The molecule has 0 amide bonds. The zero-order valence-electron chi connectivity index (χ0n) is 10.3. The average molecular weight is 258 g/mol. The molecular weight excluding hydrogens is 244 g/mol. The number of aliphatic carboxylic acids is 1. The van der Waals surface area contributed by atoms with E-state index in [1.54, 1.807) is 30.3 Å². The van der Waals surface area contributed by atoms with Crippen LogP contribution in [-0.4, -0.2) is 22.6 Å². The number of carboxylic acids is 1. The number of carboxylic acid groups (broad SMARTS) is 1. The Morgan fingerprint density at radius 1 is 1.21 bits per heavy atom. The third kappa shape index (κ3) is 2.78. The molecule has 1 N–H and O–H groups in total. The molecule has 1 aliphatic rings. The molecule has 4 nitrogen and oxygen atoms in total. The monoisotopic (exact) mass is 258 g/mol. The van der Waals surface area contributed by atoms with Crippen LogP contribution in [0.15, 0.2) is 42.5 Å². The maximum Gasteiger partial charge on any atom is 0.310 e. The van der Waals surface area contributed by atoms with E-state index in [2.05, 4.69) is 0 Å². The van der Waals surface area contributed by atoms with Crippen molar-refractivity contribution in [2.24, 2.45) is 5.41 Å². The summed E-state index contributed by atoms with van der Waals surface area (Å²) in [6.45, 7) is 0. The first-order valence-corrected chi connectivity index (χ1v) is 6.04. The third-order valence-electron chi connectivity index (χ3n) is 3.37. The van der Waals surface area contributed by atoms with E-state index in [0.717, 1.165) is 0 Å². The van der Waals surface area contributed by atoms with Crippen LogP contribution >= 0.6 is 0 Å².